The Morgan fingerprint density at radius 3 is 3.00 bits per heavy atom. The van der Waals surface area contributed by atoms with Crippen molar-refractivity contribution in [2.24, 2.45) is 5.92 Å². The molecule has 6 nitrogen and oxygen atoms in total. The predicted octanol–water partition coefficient (Wildman–Crippen LogP) is 2.57. The Morgan fingerprint density at radius 1 is 1.36 bits per heavy atom. The van der Waals surface area contributed by atoms with Gasteiger partial charge in [-0.3, -0.25) is 4.79 Å². The zero-order valence-electron chi connectivity index (χ0n) is 13.9. The third-order valence-corrected chi connectivity index (χ3v) is 4.31. The van der Waals surface area contributed by atoms with Gasteiger partial charge in [-0.1, -0.05) is 12.1 Å². The molecule has 1 atom stereocenters. The second-order valence-corrected chi connectivity index (χ2v) is 6.10. The second-order valence-electron chi connectivity index (χ2n) is 6.10. The van der Waals surface area contributed by atoms with Gasteiger partial charge in [0.25, 0.3) is 5.91 Å². The Morgan fingerprint density at radius 2 is 2.20 bits per heavy atom. The first kappa shape index (κ1) is 17.1. The molecule has 0 bridgehead atoms. The Balaban J connectivity index is 1.62. The number of para-hydroxylation sites is 1. The summed E-state index contributed by atoms with van der Waals surface area (Å²) in [7, 11) is 0. The minimum absolute atomic E-state index is 0.0966. The molecule has 6 heteroatoms. The summed E-state index contributed by atoms with van der Waals surface area (Å²) in [5, 5.41) is 18.3. The van der Waals surface area contributed by atoms with Gasteiger partial charge in [-0.05, 0) is 43.0 Å². The van der Waals surface area contributed by atoms with Gasteiger partial charge in [0.15, 0.2) is 5.76 Å². The number of benzene rings is 1. The van der Waals surface area contributed by atoms with E-state index in [0.29, 0.717) is 30.2 Å². The summed E-state index contributed by atoms with van der Waals surface area (Å²) >= 11 is 0. The number of likely N-dealkylation sites (tertiary alicyclic amines) is 1. The maximum Gasteiger partial charge on any atom is 0.289 e. The molecule has 1 fully saturated rings. The SMILES string of the molecule is N#Cc1ccccc1OCc1ccc(C(=O)N2CCCC(CO)C2)o1. The average molecular weight is 340 g/mol. The summed E-state index contributed by atoms with van der Waals surface area (Å²) in [6, 6.07) is 12.4. The largest absolute Gasteiger partial charge is 0.484 e. The van der Waals surface area contributed by atoms with Crippen molar-refractivity contribution in [3.63, 3.8) is 0 Å². The number of carbonyl (C=O) groups is 1. The molecule has 25 heavy (non-hydrogen) atoms. The van der Waals surface area contributed by atoms with Crippen LogP contribution in [0.1, 0.15) is 34.7 Å². The molecular formula is C19H20N2O4. The molecule has 0 saturated carbocycles. The summed E-state index contributed by atoms with van der Waals surface area (Å²) in [4.78, 5) is 14.2. The van der Waals surface area contributed by atoms with Crippen molar-refractivity contribution in [3.05, 3.63) is 53.5 Å². The number of piperidine rings is 1. The highest BCUT2D eigenvalue weighted by atomic mass is 16.5. The first-order chi connectivity index (χ1) is 12.2. The van der Waals surface area contributed by atoms with Crippen molar-refractivity contribution < 1.29 is 19.1 Å². The van der Waals surface area contributed by atoms with Crippen LogP contribution < -0.4 is 4.74 Å². The van der Waals surface area contributed by atoms with Gasteiger partial charge in [0, 0.05) is 19.7 Å². The standard InChI is InChI=1S/C19H20N2O4/c20-10-15-5-1-2-6-17(15)24-13-16-7-8-18(25-16)19(23)21-9-3-4-14(11-21)12-22/h1-2,5-8,14,22H,3-4,9,11-13H2. The van der Waals surface area contributed by atoms with Crippen LogP contribution in [0.5, 0.6) is 5.75 Å². The lowest BCUT2D eigenvalue weighted by Crippen LogP contribution is -2.40. The van der Waals surface area contributed by atoms with Crippen LogP contribution in [0.25, 0.3) is 0 Å². The Hall–Kier alpha value is -2.78. The van der Waals surface area contributed by atoms with Crippen LogP contribution in [-0.4, -0.2) is 35.6 Å². The number of aliphatic hydroxyl groups is 1. The smallest absolute Gasteiger partial charge is 0.289 e. The second kappa shape index (κ2) is 7.86. The molecule has 1 saturated heterocycles. The number of furan rings is 1. The molecule has 1 aromatic carbocycles. The van der Waals surface area contributed by atoms with Gasteiger partial charge in [0.2, 0.25) is 0 Å². The van der Waals surface area contributed by atoms with E-state index in [2.05, 4.69) is 6.07 Å². The number of carbonyl (C=O) groups excluding carboxylic acids is 1. The molecule has 1 amide bonds. The quantitative estimate of drug-likeness (QED) is 0.904. The number of ether oxygens (including phenoxy) is 1. The van der Waals surface area contributed by atoms with Crippen LogP contribution in [0.4, 0.5) is 0 Å². The van der Waals surface area contributed by atoms with E-state index >= 15 is 0 Å². The first-order valence-electron chi connectivity index (χ1n) is 8.32. The average Bonchev–Trinajstić information content (AvgIpc) is 3.15. The van der Waals surface area contributed by atoms with Crippen molar-refractivity contribution in [1.82, 2.24) is 4.90 Å². The van der Waals surface area contributed by atoms with Crippen LogP contribution in [0.3, 0.4) is 0 Å². The maximum atomic E-state index is 12.5. The minimum Gasteiger partial charge on any atom is -0.484 e. The van der Waals surface area contributed by atoms with Crippen molar-refractivity contribution in [2.75, 3.05) is 19.7 Å². The van der Waals surface area contributed by atoms with E-state index < -0.39 is 0 Å². The number of aliphatic hydroxyl groups excluding tert-OH is 1. The third kappa shape index (κ3) is 4.01. The molecule has 1 unspecified atom stereocenters. The molecule has 130 valence electrons. The zero-order valence-corrected chi connectivity index (χ0v) is 13.9. The molecule has 0 aliphatic carbocycles. The fourth-order valence-corrected chi connectivity index (χ4v) is 2.96. The number of amides is 1. The molecule has 0 spiro atoms. The zero-order chi connectivity index (χ0) is 17.6. The van der Waals surface area contributed by atoms with Crippen LogP contribution in [-0.2, 0) is 6.61 Å². The van der Waals surface area contributed by atoms with Gasteiger partial charge in [0.05, 0.1) is 5.56 Å². The molecule has 1 aliphatic heterocycles. The molecule has 2 heterocycles. The summed E-state index contributed by atoms with van der Waals surface area (Å²) < 4.78 is 11.2. The van der Waals surface area contributed by atoms with E-state index in [-0.39, 0.29) is 30.8 Å². The van der Waals surface area contributed by atoms with E-state index in [0.717, 1.165) is 12.8 Å². The topological polar surface area (TPSA) is 86.7 Å². The fraction of sp³-hybridized carbons (Fsp3) is 0.368. The predicted molar refractivity (Wildman–Crippen MR) is 89.9 cm³/mol. The fourth-order valence-electron chi connectivity index (χ4n) is 2.96. The third-order valence-electron chi connectivity index (χ3n) is 4.31. The summed E-state index contributed by atoms with van der Waals surface area (Å²) in [6.07, 6.45) is 1.83. The van der Waals surface area contributed by atoms with Crippen LogP contribution in [0.15, 0.2) is 40.8 Å². The molecule has 1 N–H and O–H groups in total. The summed E-state index contributed by atoms with van der Waals surface area (Å²) in [5.41, 5.74) is 0.453. The lowest BCUT2D eigenvalue weighted by molar-refractivity contribution is 0.0586. The van der Waals surface area contributed by atoms with E-state index in [1.165, 1.54) is 0 Å². The number of rotatable bonds is 5. The van der Waals surface area contributed by atoms with Crippen LogP contribution in [0, 0.1) is 17.2 Å². The number of hydrogen-bond acceptors (Lipinski definition) is 5. The maximum absolute atomic E-state index is 12.5. The molecular weight excluding hydrogens is 320 g/mol. The molecule has 2 aromatic rings. The van der Waals surface area contributed by atoms with E-state index in [9.17, 15) is 9.90 Å². The number of hydrogen-bond donors (Lipinski definition) is 1. The Bertz CT molecular complexity index is 778. The lowest BCUT2D eigenvalue weighted by Gasteiger charge is -2.31. The molecule has 3 rings (SSSR count). The highest BCUT2D eigenvalue weighted by Crippen LogP contribution is 2.21. The van der Waals surface area contributed by atoms with E-state index in [1.54, 1.807) is 41.3 Å². The molecule has 1 aliphatic rings. The van der Waals surface area contributed by atoms with Crippen molar-refractivity contribution in [1.29, 1.82) is 5.26 Å². The van der Waals surface area contributed by atoms with Gasteiger partial charge in [-0.25, -0.2) is 0 Å². The number of nitrogens with zero attached hydrogens (tertiary/aromatic N) is 2. The normalized spacial score (nSPS) is 17.1. The van der Waals surface area contributed by atoms with Crippen molar-refractivity contribution in [2.45, 2.75) is 19.4 Å². The highest BCUT2D eigenvalue weighted by molar-refractivity contribution is 5.91. The highest BCUT2D eigenvalue weighted by Gasteiger charge is 2.25. The summed E-state index contributed by atoms with van der Waals surface area (Å²) in [6.45, 7) is 1.47. The van der Waals surface area contributed by atoms with Gasteiger partial charge in [0.1, 0.15) is 24.2 Å². The van der Waals surface area contributed by atoms with Crippen molar-refractivity contribution in [3.8, 4) is 11.8 Å². The van der Waals surface area contributed by atoms with Crippen molar-refractivity contribution >= 4 is 5.91 Å². The van der Waals surface area contributed by atoms with E-state index in [1.807, 2.05) is 0 Å². The van der Waals surface area contributed by atoms with Gasteiger partial charge >= 0.3 is 0 Å². The van der Waals surface area contributed by atoms with Crippen LogP contribution in [0.2, 0.25) is 0 Å². The summed E-state index contributed by atoms with van der Waals surface area (Å²) in [5.74, 6) is 1.24. The van der Waals surface area contributed by atoms with Crippen LogP contribution >= 0.6 is 0 Å². The minimum atomic E-state index is -0.165. The van der Waals surface area contributed by atoms with Gasteiger partial charge < -0.3 is 19.2 Å². The molecule has 0 radical (unpaired) electrons. The molecule has 1 aromatic heterocycles. The lowest BCUT2D eigenvalue weighted by atomic mass is 9.99. The van der Waals surface area contributed by atoms with Gasteiger partial charge in [-0.2, -0.15) is 5.26 Å². The Kier molecular flexibility index (Phi) is 5.36. The number of nitriles is 1. The first-order valence-corrected chi connectivity index (χ1v) is 8.32. The Labute approximate surface area is 146 Å². The monoisotopic (exact) mass is 340 g/mol. The van der Waals surface area contributed by atoms with E-state index in [4.69, 9.17) is 14.4 Å². The van der Waals surface area contributed by atoms with Gasteiger partial charge in [-0.15, -0.1) is 0 Å².